The van der Waals surface area contributed by atoms with Gasteiger partial charge in [-0.25, -0.2) is 0 Å². The molecule has 0 heterocycles. The van der Waals surface area contributed by atoms with E-state index in [0.29, 0.717) is 17.7 Å². The Bertz CT molecular complexity index is 428. The zero-order valence-corrected chi connectivity index (χ0v) is 11.3. The van der Waals surface area contributed by atoms with Crippen molar-refractivity contribution < 1.29 is 9.90 Å². The Labute approximate surface area is 108 Å². The summed E-state index contributed by atoms with van der Waals surface area (Å²) in [4.78, 5) is 11.9. The van der Waals surface area contributed by atoms with Crippen molar-refractivity contribution >= 4 is 11.6 Å². The molecule has 1 rings (SSSR count). The lowest BCUT2D eigenvalue weighted by Crippen LogP contribution is -2.40. The third-order valence-corrected chi connectivity index (χ3v) is 2.96. The zero-order valence-electron chi connectivity index (χ0n) is 11.3. The van der Waals surface area contributed by atoms with E-state index in [1.54, 1.807) is 19.1 Å². The van der Waals surface area contributed by atoms with Crippen LogP contribution in [0.5, 0.6) is 0 Å². The zero-order chi connectivity index (χ0) is 13.8. The van der Waals surface area contributed by atoms with Gasteiger partial charge in [-0.15, -0.1) is 0 Å². The van der Waals surface area contributed by atoms with E-state index in [9.17, 15) is 9.90 Å². The molecule has 1 amide bonds. The van der Waals surface area contributed by atoms with Crippen LogP contribution in [0.25, 0.3) is 0 Å². The second kappa shape index (κ2) is 5.87. The maximum absolute atomic E-state index is 11.9. The number of carbonyl (C=O) groups excluding carboxylic acids is 1. The van der Waals surface area contributed by atoms with Gasteiger partial charge >= 0.3 is 0 Å². The van der Waals surface area contributed by atoms with Gasteiger partial charge in [0.2, 0.25) is 0 Å². The van der Waals surface area contributed by atoms with Gasteiger partial charge in [-0.1, -0.05) is 19.4 Å². The van der Waals surface area contributed by atoms with Crippen LogP contribution in [-0.2, 0) is 0 Å². The highest BCUT2D eigenvalue weighted by Crippen LogP contribution is 2.14. The van der Waals surface area contributed by atoms with Gasteiger partial charge in [0.05, 0.1) is 5.60 Å². The van der Waals surface area contributed by atoms with E-state index in [0.717, 1.165) is 12.0 Å². The number of hydrogen-bond donors (Lipinski definition) is 3. The lowest BCUT2D eigenvalue weighted by atomic mass is 10.0. The number of amides is 1. The number of aliphatic hydroxyl groups is 1. The Morgan fingerprint density at radius 1 is 1.50 bits per heavy atom. The molecule has 4 heteroatoms. The maximum atomic E-state index is 11.9. The molecule has 0 spiro atoms. The van der Waals surface area contributed by atoms with Crippen LogP contribution < -0.4 is 11.1 Å². The largest absolute Gasteiger partial charge is 0.398 e. The number of nitrogens with two attached hydrogens (primary N) is 1. The molecule has 4 nitrogen and oxygen atoms in total. The molecule has 4 N–H and O–H groups in total. The number of aryl methyl sites for hydroxylation is 1. The van der Waals surface area contributed by atoms with Crippen molar-refractivity contribution in [1.29, 1.82) is 0 Å². The molecule has 0 aliphatic heterocycles. The average Bonchev–Trinajstić information content (AvgIpc) is 2.30. The van der Waals surface area contributed by atoms with E-state index >= 15 is 0 Å². The summed E-state index contributed by atoms with van der Waals surface area (Å²) < 4.78 is 0. The fraction of sp³-hybridized carbons (Fsp3) is 0.500. The molecule has 0 saturated heterocycles. The van der Waals surface area contributed by atoms with Gasteiger partial charge in [-0.05, 0) is 38.0 Å². The van der Waals surface area contributed by atoms with Crippen LogP contribution in [-0.4, -0.2) is 23.2 Å². The normalized spacial score (nSPS) is 14.0. The van der Waals surface area contributed by atoms with Crippen LogP contribution in [0.1, 0.15) is 42.6 Å². The smallest absolute Gasteiger partial charge is 0.251 e. The molecule has 0 aliphatic rings. The predicted octanol–water partition coefficient (Wildman–Crippen LogP) is 1.86. The summed E-state index contributed by atoms with van der Waals surface area (Å²) in [6.07, 6.45) is 1.53. The van der Waals surface area contributed by atoms with Crippen LogP contribution >= 0.6 is 0 Å². The summed E-state index contributed by atoms with van der Waals surface area (Å²) in [7, 11) is 0. The summed E-state index contributed by atoms with van der Waals surface area (Å²) in [5.41, 5.74) is 6.97. The number of nitrogen functional groups attached to an aromatic ring is 1. The predicted molar refractivity (Wildman–Crippen MR) is 73.5 cm³/mol. The lowest BCUT2D eigenvalue weighted by molar-refractivity contribution is 0.0469. The van der Waals surface area contributed by atoms with Gasteiger partial charge in [-0.3, -0.25) is 4.79 Å². The van der Waals surface area contributed by atoms with Crippen molar-refractivity contribution in [2.45, 2.75) is 39.2 Å². The first-order chi connectivity index (χ1) is 8.35. The second-order valence-electron chi connectivity index (χ2n) is 5.00. The van der Waals surface area contributed by atoms with Crippen LogP contribution in [0.2, 0.25) is 0 Å². The molecule has 0 aliphatic carbocycles. The second-order valence-corrected chi connectivity index (χ2v) is 5.00. The Balaban J connectivity index is 2.63. The minimum Gasteiger partial charge on any atom is -0.398 e. The molecule has 0 radical (unpaired) electrons. The molecule has 100 valence electrons. The molecule has 0 saturated carbocycles. The minimum absolute atomic E-state index is 0.210. The van der Waals surface area contributed by atoms with E-state index in [4.69, 9.17) is 5.73 Å². The van der Waals surface area contributed by atoms with Crippen LogP contribution in [0, 0.1) is 6.92 Å². The SMILES string of the molecule is CCCC(C)(O)CNC(=O)c1ccc(C)c(N)c1. The van der Waals surface area contributed by atoms with Gasteiger partial charge in [0.1, 0.15) is 0 Å². The van der Waals surface area contributed by atoms with E-state index in [1.165, 1.54) is 0 Å². The van der Waals surface area contributed by atoms with Gasteiger partial charge < -0.3 is 16.2 Å². The monoisotopic (exact) mass is 250 g/mol. The van der Waals surface area contributed by atoms with E-state index in [2.05, 4.69) is 5.32 Å². The standard InChI is InChI=1S/C14H22N2O2/c1-4-7-14(3,18)9-16-13(17)11-6-5-10(2)12(15)8-11/h5-6,8,18H,4,7,9,15H2,1-3H3,(H,16,17). The van der Waals surface area contributed by atoms with Gasteiger partial charge in [0, 0.05) is 17.8 Å². The van der Waals surface area contributed by atoms with Crippen molar-refractivity contribution in [3.63, 3.8) is 0 Å². The first-order valence-electron chi connectivity index (χ1n) is 6.22. The summed E-state index contributed by atoms with van der Waals surface area (Å²) in [5, 5.41) is 12.7. The summed E-state index contributed by atoms with van der Waals surface area (Å²) in [5.74, 6) is -0.210. The number of rotatable bonds is 5. The van der Waals surface area contributed by atoms with E-state index in [-0.39, 0.29) is 12.5 Å². The fourth-order valence-electron chi connectivity index (χ4n) is 1.78. The molecule has 18 heavy (non-hydrogen) atoms. The highest BCUT2D eigenvalue weighted by Gasteiger charge is 2.20. The summed E-state index contributed by atoms with van der Waals surface area (Å²) >= 11 is 0. The molecule has 1 atom stereocenters. The van der Waals surface area contributed by atoms with Crippen LogP contribution in [0.15, 0.2) is 18.2 Å². The van der Waals surface area contributed by atoms with E-state index in [1.807, 2.05) is 19.9 Å². The fourth-order valence-corrected chi connectivity index (χ4v) is 1.78. The highest BCUT2D eigenvalue weighted by molar-refractivity contribution is 5.95. The number of anilines is 1. The van der Waals surface area contributed by atoms with Crippen molar-refractivity contribution in [1.82, 2.24) is 5.32 Å². The summed E-state index contributed by atoms with van der Waals surface area (Å²) in [6, 6.07) is 5.20. The summed E-state index contributed by atoms with van der Waals surface area (Å²) in [6.45, 7) is 5.85. The molecule has 1 aromatic carbocycles. The van der Waals surface area contributed by atoms with Crippen molar-refractivity contribution in [3.8, 4) is 0 Å². The molecular weight excluding hydrogens is 228 g/mol. The van der Waals surface area contributed by atoms with Gasteiger partial charge in [-0.2, -0.15) is 0 Å². The quantitative estimate of drug-likeness (QED) is 0.698. The third kappa shape index (κ3) is 4.04. The minimum atomic E-state index is -0.860. The van der Waals surface area contributed by atoms with E-state index < -0.39 is 5.60 Å². The molecular formula is C14H22N2O2. The molecule has 0 fully saturated rings. The van der Waals surface area contributed by atoms with Crippen LogP contribution in [0.4, 0.5) is 5.69 Å². The Hall–Kier alpha value is -1.55. The number of hydrogen-bond acceptors (Lipinski definition) is 3. The van der Waals surface area contributed by atoms with Crippen molar-refractivity contribution in [2.24, 2.45) is 0 Å². The van der Waals surface area contributed by atoms with Gasteiger partial charge in [0.15, 0.2) is 0 Å². The Kier molecular flexibility index (Phi) is 4.73. The molecule has 0 bridgehead atoms. The third-order valence-electron chi connectivity index (χ3n) is 2.96. The first-order valence-corrected chi connectivity index (χ1v) is 6.22. The van der Waals surface area contributed by atoms with Crippen LogP contribution in [0.3, 0.4) is 0 Å². The molecule has 1 unspecified atom stereocenters. The topological polar surface area (TPSA) is 75.3 Å². The number of benzene rings is 1. The lowest BCUT2D eigenvalue weighted by Gasteiger charge is -2.23. The van der Waals surface area contributed by atoms with Crippen molar-refractivity contribution in [2.75, 3.05) is 12.3 Å². The Morgan fingerprint density at radius 2 is 2.17 bits per heavy atom. The molecule has 1 aromatic rings. The average molecular weight is 250 g/mol. The number of carbonyl (C=O) groups is 1. The maximum Gasteiger partial charge on any atom is 0.251 e. The Morgan fingerprint density at radius 3 is 2.72 bits per heavy atom. The number of nitrogens with one attached hydrogen (secondary N) is 1. The molecule has 0 aromatic heterocycles. The van der Waals surface area contributed by atoms with Gasteiger partial charge in [0.25, 0.3) is 5.91 Å². The highest BCUT2D eigenvalue weighted by atomic mass is 16.3. The first kappa shape index (κ1) is 14.5. The van der Waals surface area contributed by atoms with Crippen molar-refractivity contribution in [3.05, 3.63) is 29.3 Å².